The van der Waals surface area contributed by atoms with Gasteiger partial charge in [0.05, 0.1) is 7.11 Å². The lowest BCUT2D eigenvalue weighted by atomic mass is 9.93. The minimum absolute atomic E-state index is 0.0288. The number of esters is 1. The number of amides is 1. The molecule has 2 heterocycles. The van der Waals surface area contributed by atoms with Gasteiger partial charge in [0.15, 0.2) is 6.10 Å². The van der Waals surface area contributed by atoms with Gasteiger partial charge < -0.3 is 18.9 Å². The summed E-state index contributed by atoms with van der Waals surface area (Å²) < 4.78 is 11.9. The molecule has 1 aliphatic heterocycles. The van der Waals surface area contributed by atoms with Gasteiger partial charge in [-0.05, 0) is 17.7 Å². The van der Waals surface area contributed by atoms with E-state index in [2.05, 4.69) is 0 Å². The third-order valence-corrected chi connectivity index (χ3v) is 4.56. The zero-order valence-corrected chi connectivity index (χ0v) is 14.4. The Bertz CT molecular complexity index is 735. The molecular weight excluding hydrogens is 320 g/mol. The highest BCUT2D eigenvalue weighted by atomic mass is 16.6. The lowest BCUT2D eigenvalue weighted by Crippen LogP contribution is -2.56. The van der Waals surface area contributed by atoms with E-state index in [1.807, 2.05) is 53.2 Å². The molecule has 132 valence electrons. The van der Waals surface area contributed by atoms with E-state index in [1.165, 1.54) is 14.2 Å². The van der Waals surface area contributed by atoms with Gasteiger partial charge in [-0.1, -0.05) is 30.3 Å². The number of benzene rings is 1. The van der Waals surface area contributed by atoms with Crippen LogP contribution in [-0.2, 0) is 20.8 Å². The second-order valence-electron chi connectivity index (χ2n) is 6.16. The van der Waals surface area contributed by atoms with Crippen LogP contribution >= 0.6 is 0 Å². The predicted octanol–water partition coefficient (Wildman–Crippen LogP) is 1.80. The molecule has 1 amide bonds. The SMILES string of the molecule is COC(=O)C(OC)C1CN(C(=O)c2cccn2Cc2ccccc2)C1. The van der Waals surface area contributed by atoms with Crippen LogP contribution in [0.1, 0.15) is 16.1 Å². The molecule has 2 aromatic rings. The molecule has 0 N–H and O–H groups in total. The van der Waals surface area contributed by atoms with Crippen LogP contribution in [0.2, 0.25) is 0 Å². The van der Waals surface area contributed by atoms with Gasteiger partial charge in [-0.25, -0.2) is 4.79 Å². The van der Waals surface area contributed by atoms with Crippen LogP contribution in [0.3, 0.4) is 0 Å². The number of carbonyl (C=O) groups is 2. The minimum atomic E-state index is -0.620. The molecule has 6 nitrogen and oxygen atoms in total. The molecule has 0 bridgehead atoms. The first kappa shape index (κ1) is 17.2. The topological polar surface area (TPSA) is 60.8 Å². The molecule has 1 aromatic carbocycles. The van der Waals surface area contributed by atoms with E-state index in [9.17, 15) is 9.59 Å². The third-order valence-electron chi connectivity index (χ3n) is 4.56. The second-order valence-corrected chi connectivity index (χ2v) is 6.16. The fraction of sp³-hybridized carbons (Fsp3) is 0.368. The third kappa shape index (κ3) is 3.58. The van der Waals surface area contributed by atoms with Crippen molar-refractivity contribution in [2.45, 2.75) is 12.6 Å². The van der Waals surface area contributed by atoms with E-state index < -0.39 is 12.1 Å². The Kier molecular flexibility index (Phi) is 5.19. The molecule has 1 unspecified atom stereocenters. The van der Waals surface area contributed by atoms with Gasteiger partial charge in [0.2, 0.25) is 0 Å². The van der Waals surface area contributed by atoms with Crippen molar-refractivity contribution in [2.24, 2.45) is 5.92 Å². The van der Waals surface area contributed by atoms with Crippen molar-refractivity contribution in [3.63, 3.8) is 0 Å². The van der Waals surface area contributed by atoms with Crippen molar-refractivity contribution in [2.75, 3.05) is 27.3 Å². The Hall–Kier alpha value is -2.60. The Morgan fingerprint density at radius 1 is 1.12 bits per heavy atom. The van der Waals surface area contributed by atoms with Gasteiger partial charge in [0.25, 0.3) is 5.91 Å². The number of rotatable bonds is 6. The van der Waals surface area contributed by atoms with Gasteiger partial charge in [0.1, 0.15) is 5.69 Å². The van der Waals surface area contributed by atoms with Crippen molar-refractivity contribution >= 4 is 11.9 Å². The highest BCUT2D eigenvalue weighted by Crippen LogP contribution is 2.24. The minimum Gasteiger partial charge on any atom is -0.467 e. The molecular formula is C19H22N2O4. The maximum absolute atomic E-state index is 12.7. The summed E-state index contributed by atoms with van der Waals surface area (Å²) in [5.74, 6) is -0.456. The molecule has 1 saturated heterocycles. The first-order valence-corrected chi connectivity index (χ1v) is 8.23. The number of hydrogen-bond acceptors (Lipinski definition) is 4. The smallest absolute Gasteiger partial charge is 0.335 e. The number of nitrogens with zero attached hydrogens (tertiary/aromatic N) is 2. The molecule has 1 aromatic heterocycles. The maximum Gasteiger partial charge on any atom is 0.335 e. The Morgan fingerprint density at radius 3 is 2.48 bits per heavy atom. The summed E-state index contributed by atoms with van der Waals surface area (Å²) in [5, 5.41) is 0. The van der Waals surface area contributed by atoms with Crippen molar-refractivity contribution in [3.8, 4) is 0 Å². The average molecular weight is 342 g/mol. The Labute approximate surface area is 146 Å². The summed E-state index contributed by atoms with van der Waals surface area (Å²) in [7, 11) is 2.82. The van der Waals surface area contributed by atoms with Crippen molar-refractivity contribution in [3.05, 3.63) is 59.9 Å². The van der Waals surface area contributed by atoms with Crippen LogP contribution in [0.15, 0.2) is 48.7 Å². The molecule has 6 heteroatoms. The van der Waals surface area contributed by atoms with E-state index in [-0.39, 0.29) is 11.8 Å². The number of ether oxygens (including phenoxy) is 2. The van der Waals surface area contributed by atoms with Crippen molar-refractivity contribution < 1.29 is 19.1 Å². The van der Waals surface area contributed by atoms with E-state index in [0.29, 0.717) is 25.3 Å². The monoisotopic (exact) mass is 342 g/mol. The van der Waals surface area contributed by atoms with Crippen LogP contribution in [0.4, 0.5) is 0 Å². The number of likely N-dealkylation sites (tertiary alicyclic amines) is 1. The summed E-state index contributed by atoms with van der Waals surface area (Å²) in [4.78, 5) is 26.2. The summed E-state index contributed by atoms with van der Waals surface area (Å²) in [6, 6.07) is 13.7. The van der Waals surface area contributed by atoms with Gasteiger partial charge in [0, 0.05) is 38.9 Å². The number of methoxy groups -OCH3 is 2. The largest absolute Gasteiger partial charge is 0.467 e. The van der Waals surface area contributed by atoms with Crippen molar-refractivity contribution in [1.82, 2.24) is 9.47 Å². The fourth-order valence-electron chi connectivity index (χ4n) is 3.16. The van der Waals surface area contributed by atoms with E-state index in [4.69, 9.17) is 9.47 Å². The number of hydrogen-bond donors (Lipinski definition) is 0. The van der Waals surface area contributed by atoms with E-state index >= 15 is 0 Å². The number of aromatic nitrogens is 1. The predicted molar refractivity (Wildman–Crippen MR) is 92.2 cm³/mol. The quantitative estimate of drug-likeness (QED) is 0.751. The van der Waals surface area contributed by atoms with Crippen LogP contribution in [-0.4, -0.2) is 54.8 Å². The molecule has 25 heavy (non-hydrogen) atoms. The molecule has 0 saturated carbocycles. The van der Waals surface area contributed by atoms with Crippen molar-refractivity contribution in [1.29, 1.82) is 0 Å². The van der Waals surface area contributed by atoms with Crippen LogP contribution in [0.5, 0.6) is 0 Å². The maximum atomic E-state index is 12.7. The van der Waals surface area contributed by atoms with Gasteiger partial charge in [-0.15, -0.1) is 0 Å². The molecule has 0 spiro atoms. The average Bonchev–Trinajstić information content (AvgIpc) is 3.05. The summed E-state index contributed by atoms with van der Waals surface area (Å²) in [5.41, 5.74) is 1.79. The zero-order chi connectivity index (χ0) is 17.8. The summed E-state index contributed by atoms with van der Waals surface area (Å²) >= 11 is 0. The normalized spacial score (nSPS) is 15.5. The van der Waals surface area contributed by atoms with E-state index in [0.717, 1.165) is 5.56 Å². The van der Waals surface area contributed by atoms with E-state index in [1.54, 1.807) is 4.90 Å². The highest BCUT2D eigenvalue weighted by Gasteiger charge is 2.41. The molecule has 3 rings (SSSR count). The van der Waals surface area contributed by atoms with Crippen LogP contribution < -0.4 is 0 Å². The fourth-order valence-corrected chi connectivity index (χ4v) is 3.16. The molecule has 1 fully saturated rings. The second kappa shape index (κ2) is 7.53. The molecule has 0 radical (unpaired) electrons. The van der Waals surface area contributed by atoms with Crippen LogP contribution in [0.25, 0.3) is 0 Å². The standard InChI is InChI=1S/C19H22N2O4/c1-24-17(19(23)25-2)15-12-21(13-15)18(22)16-9-6-10-20(16)11-14-7-4-3-5-8-14/h3-10,15,17H,11-13H2,1-2H3. The summed E-state index contributed by atoms with van der Waals surface area (Å²) in [6.45, 7) is 1.63. The highest BCUT2D eigenvalue weighted by molar-refractivity contribution is 5.93. The lowest BCUT2D eigenvalue weighted by Gasteiger charge is -2.41. The zero-order valence-electron chi connectivity index (χ0n) is 14.4. The Balaban J connectivity index is 1.64. The van der Waals surface area contributed by atoms with Gasteiger partial charge >= 0.3 is 5.97 Å². The summed E-state index contributed by atoms with van der Waals surface area (Å²) in [6.07, 6.45) is 1.29. The lowest BCUT2D eigenvalue weighted by molar-refractivity contribution is -0.159. The van der Waals surface area contributed by atoms with Gasteiger partial charge in [-0.2, -0.15) is 0 Å². The number of carbonyl (C=O) groups excluding carboxylic acids is 2. The van der Waals surface area contributed by atoms with Crippen LogP contribution in [0, 0.1) is 5.92 Å². The first-order chi connectivity index (χ1) is 12.1. The molecule has 1 aliphatic rings. The molecule has 1 atom stereocenters. The first-order valence-electron chi connectivity index (χ1n) is 8.23. The Morgan fingerprint density at radius 2 is 1.84 bits per heavy atom. The molecule has 0 aliphatic carbocycles. The van der Waals surface area contributed by atoms with Gasteiger partial charge in [-0.3, -0.25) is 4.79 Å².